The quantitative estimate of drug-likeness (QED) is 0.477. The molecule has 0 aromatic heterocycles. The molecule has 0 spiro atoms. The van der Waals surface area contributed by atoms with Gasteiger partial charge in [-0.25, -0.2) is 0 Å². The van der Waals surface area contributed by atoms with E-state index in [1.54, 1.807) is 0 Å². The van der Waals surface area contributed by atoms with Crippen molar-refractivity contribution in [1.29, 1.82) is 0 Å². The Balaban J connectivity index is -0.000000333. The molecule has 0 atom stereocenters. The molecule has 0 unspecified atom stereocenters. The summed E-state index contributed by atoms with van der Waals surface area (Å²) in [4.78, 5) is 2.34. The van der Waals surface area contributed by atoms with Crippen LogP contribution in [0.2, 0.25) is 0 Å². The van der Waals surface area contributed by atoms with E-state index in [0.29, 0.717) is 0 Å². The first-order chi connectivity index (χ1) is 4.93. The van der Waals surface area contributed by atoms with E-state index in [2.05, 4.69) is 36.3 Å². The van der Waals surface area contributed by atoms with Gasteiger partial charge in [0.1, 0.15) is 0 Å². The molecule has 0 saturated heterocycles. The Kier molecular flexibility index (Phi) is 18.4. The number of rotatable bonds is 3. The van der Waals surface area contributed by atoms with Gasteiger partial charge in [-0.15, -0.1) is 0 Å². The van der Waals surface area contributed by atoms with Gasteiger partial charge >= 0.3 is 19.5 Å². The molecule has 1 heterocycles. The zero-order valence-corrected chi connectivity index (χ0v) is 12.5. The summed E-state index contributed by atoms with van der Waals surface area (Å²) in [5.41, 5.74) is 0. The zero-order chi connectivity index (χ0) is 7.23. The normalized spacial score (nSPS) is 12.5. The maximum Gasteiger partial charge on any atom is 2.00 e. The van der Waals surface area contributed by atoms with E-state index >= 15 is 0 Å². The number of unbranched alkanes of at least 4 members (excludes halogenated alkanes) is 1. The van der Waals surface area contributed by atoms with Gasteiger partial charge in [0.25, 0.3) is 0 Å². The molecule has 0 aromatic carbocycles. The van der Waals surface area contributed by atoms with E-state index in [0.717, 1.165) is 6.54 Å². The van der Waals surface area contributed by atoms with Crippen molar-refractivity contribution < 1.29 is 44.3 Å². The molecule has 4 heteroatoms. The van der Waals surface area contributed by atoms with Crippen molar-refractivity contribution in [1.82, 2.24) is 4.90 Å². The molecule has 13 heavy (non-hydrogen) atoms. The van der Waals surface area contributed by atoms with Gasteiger partial charge in [0.05, 0.1) is 0 Å². The molecule has 0 amide bonds. The summed E-state index contributed by atoms with van der Waals surface area (Å²) in [5.74, 6) is 0. The second-order valence-electron chi connectivity index (χ2n) is 2.62. The summed E-state index contributed by atoms with van der Waals surface area (Å²) >= 11 is 0. The van der Waals surface area contributed by atoms with Crippen LogP contribution >= 0.6 is 0 Å². The molecular formula is C9H15Cl2NZn. The van der Waals surface area contributed by atoms with Crippen LogP contribution in [0.3, 0.4) is 0 Å². The van der Waals surface area contributed by atoms with E-state index in [1.165, 1.54) is 19.4 Å². The summed E-state index contributed by atoms with van der Waals surface area (Å²) in [6.45, 7) is 4.53. The van der Waals surface area contributed by atoms with Gasteiger partial charge in [-0.3, -0.25) is 0 Å². The van der Waals surface area contributed by atoms with E-state index < -0.39 is 0 Å². The number of nitrogens with zero attached hydrogens (tertiary/aromatic N) is 1. The summed E-state index contributed by atoms with van der Waals surface area (Å²) in [5, 5.41) is 0. The first-order valence-electron chi connectivity index (χ1n) is 4.01. The Bertz CT molecular complexity index is 149. The summed E-state index contributed by atoms with van der Waals surface area (Å²) in [7, 11) is 0. The Morgan fingerprint density at radius 2 is 1.92 bits per heavy atom. The standard InChI is InChI=1S/C9H15N.2ClH.Zn/c1-2-3-7-10-8-5-4-6-9-10;;;/h4-6,8H,2-3,7,9H2,1H3;2*1H;/q;;;+2/p-2. The summed E-state index contributed by atoms with van der Waals surface area (Å²) < 4.78 is 0. The zero-order valence-electron chi connectivity index (χ0n) is 8.05. The van der Waals surface area contributed by atoms with Gasteiger partial charge in [0.2, 0.25) is 0 Å². The fraction of sp³-hybridized carbons (Fsp3) is 0.556. The molecule has 0 bridgehead atoms. The Labute approximate surface area is 106 Å². The van der Waals surface area contributed by atoms with Crippen LogP contribution < -0.4 is 24.8 Å². The maximum absolute atomic E-state index is 2.34. The molecule has 1 aliphatic heterocycles. The minimum absolute atomic E-state index is 0. The number of hydrogen-bond donors (Lipinski definition) is 0. The molecule has 0 aliphatic carbocycles. The van der Waals surface area contributed by atoms with Crippen LogP contribution in [0.5, 0.6) is 0 Å². The van der Waals surface area contributed by atoms with Crippen molar-refractivity contribution in [2.24, 2.45) is 0 Å². The predicted octanol–water partition coefficient (Wildman–Crippen LogP) is -3.82. The summed E-state index contributed by atoms with van der Waals surface area (Å²) in [6, 6.07) is 0. The third kappa shape index (κ3) is 8.80. The Hall–Kier alpha value is 0.483. The van der Waals surface area contributed by atoms with Gasteiger partial charge in [-0.2, -0.15) is 0 Å². The molecule has 0 N–H and O–H groups in total. The second-order valence-corrected chi connectivity index (χ2v) is 2.62. The van der Waals surface area contributed by atoms with Crippen LogP contribution in [0, 0.1) is 0 Å². The van der Waals surface area contributed by atoms with Gasteiger partial charge in [0, 0.05) is 13.1 Å². The first-order valence-corrected chi connectivity index (χ1v) is 4.01. The van der Waals surface area contributed by atoms with Crippen molar-refractivity contribution in [3.8, 4) is 0 Å². The average molecular weight is 274 g/mol. The van der Waals surface area contributed by atoms with Gasteiger partial charge in [-0.05, 0) is 18.7 Å². The third-order valence-corrected chi connectivity index (χ3v) is 1.68. The number of halogens is 2. The Morgan fingerprint density at radius 1 is 1.23 bits per heavy atom. The maximum atomic E-state index is 2.34. The van der Waals surface area contributed by atoms with E-state index in [4.69, 9.17) is 0 Å². The molecule has 72 valence electrons. The van der Waals surface area contributed by atoms with E-state index in [1.807, 2.05) is 0 Å². The molecule has 0 saturated carbocycles. The van der Waals surface area contributed by atoms with Crippen molar-refractivity contribution in [2.75, 3.05) is 13.1 Å². The van der Waals surface area contributed by atoms with Gasteiger partial charge < -0.3 is 29.7 Å². The van der Waals surface area contributed by atoms with Gasteiger partial charge in [0.15, 0.2) is 0 Å². The van der Waals surface area contributed by atoms with Crippen molar-refractivity contribution in [3.63, 3.8) is 0 Å². The largest absolute Gasteiger partial charge is 2.00 e. The Morgan fingerprint density at radius 3 is 2.38 bits per heavy atom. The first kappa shape index (κ1) is 19.1. The van der Waals surface area contributed by atoms with E-state index in [9.17, 15) is 0 Å². The molecule has 1 nitrogen and oxygen atoms in total. The monoisotopic (exact) mass is 271 g/mol. The molecule has 0 fully saturated rings. The smallest absolute Gasteiger partial charge is 1.00 e. The fourth-order valence-electron chi connectivity index (χ4n) is 1.03. The van der Waals surface area contributed by atoms with Crippen LogP contribution in [0.25, 0.3) is 0 Å². The van der Waals surface area contributed by atoms with Crippen molar-refractivity contribution in [2.45, 2.75) is 19.8 Å². The fourth-order valence-corrected chi connectivity index (χ4v) is 1.03. The van der Waals surface area contributed by atoms with Crippen molar-refractivity contribution in [3.05, 3.63) is 24.4 Å². The third-order valence-electron chi connectivity index (χ3n) is 1.68. The predicted molar refractivity (Wildman–Crippen MR) is 44.8 cm³/mol. The SMILES string of the molecule is CCCCN1C=CC=CC1.[Cl-].[Cl-].[Zn+2]. The average Bonchev–Trinajstić information content (AvgIpc) is 2.03. The van der Waals surface area contributed by atoms with Crippen LogP contribution in [0.4, 0.5) is 0 Å². The molecule has 1 aliphatic rings. The molecular weight excluding hydrogens is 258 g/mol. The van der Waals surface area contributed by atoms with Crippen LogP contribution in [-0.4, -0.2) is 18.0 Å². The van der Waals surface area contributed by atoms with Crippen LogP contribution in [-0.2, 0) is 19.5 Å². The summed E-state index contributed by atoms with van der Waals surface area (Å²) in [6.07, 6.45) is 11.1. The molecule has 1 rings (SSSR count). The minimum atomic E-state index is 0. The van der Waals surface area contributed by atoms with Gasteiger partial charge in [-0.1, -0.05) is 25.5 Å². The van der Waals surface area contributed by atoms with Crippen molar-refractivity contribution >= 4 is 0 Å². The minimum Gasteiger partial charge on any atom is -1.00 e. The van der Waals surface area contributed by atoms with Crippen LogP contribution in [0.15, 0.2) is 24.4 Å². The second kappa shape index (κ2) is 12.5. The number of hydrogen-bond acceptors (Lipinski definition) is 1. The number of allylic oxidation sites excluding steroid dienone is 2. The van der Waals surface area contributed by atoms with Crippen LogP contribution in [0.1, 0.15) is 19.8 Å². The molecule has 0 radical (unpaired) electrons. The topological polar surface area (TPSA) is 3.24 Å². The van der Waals surface area contributed by atoms with E-state index in [-0.39, 0.29) is 44.3 Å². The molecule has 0 aromatic rings.